The van der Waals surface area contributed by atoms with E-state index in [2.05, 4.69) is 0 Å². The first kappa shape index (κ1) is 15.4. The Morgan fingerprint density at radius 1 is 1.04 bits per heavy atom. The van der Waals surface area contributed by atoms with Crippen molar-refractivity contribution in [1.29, 1.82) is 0 Å². The van der Waals surface area contributed by atoms with Crippen LogP contribution in [0.2, 0.25) is 0 Å². The summed E-state index contributed by atoms with van der Waals surface area (Å²) in [6.45, 7) is 3.96. The summed E-state index contributed by atoms with van der Waals surface area (Å²) in [4.78, 5) is 11.8. The van der Waals surface area contributed by atoms with Crippen LogP contribution >= 0.6 is 11.3 Å². The quantitative estimate of drug-likeness (QED) is 0.731. The highest BCUT2D eigenvalue weighted by molar-refractivity contribution is 7.21. The number of carboxylic acid groups (broad SMARTS) is 1. The van der Waals surface area contributed by atoms with E-state index in [1.807, 2.05) is 44.2 Å². The van der Waals surface area contributed by atoms with Gasteiger partial charge in [-0.3, -0.25) is 0 Å². The topological polar surface area (TPSA) is 55.8 Å². The molecule has 23 heavy (non-hydrogen) atoms. The zero-order valence-corrected chi connectivity index (χ0v) is 13.9. The Hall–Kier alpha value is -2.53. The van der Waals surface area contributed by atoms with Crippen molar-refractivity contribution in [2.24, 2.45) is 0 Å². The maximum absolute atomic E-state index is 11.6. The summed E-state index contributed by atoms with van der Waals surface area (Å²) >= 11 is 1.20. The SMILES string of the molecule is COc1ccc2sc(C(=O)O)c(Oc3cc(C)cc(C)c3)c2c1. The highest BCUT2D eigenvalue weighted by Gasteiger charge is 2.20. The van der Waals surface area contributed by atoms with Crippen LogP contribution < -0.4 is 9.47 Å². The lowest BCUT2D eigenvalue weighted by Crippen LogP contribution is -1.96. The predicted molar refractivity (Wildman–Crippen MR) is 91.3 cm³/mol. The molecule has 1 heterocycles. The Labute approximate surface area is 137 Å². The van der Waals surface area contributed by atoms with E-state index in [1.54, 1.807) is 13.2 Å². The van der Waals surface area contributed by atoms with E-state index in [4.69, 9.17) is 9.47 Å². The smallest absolute Gasteiger partial charge is 0.349 e. The molecule has 0 bridgehead atoms. The molecule has 0 aliphatic rings. The minimum absolute atomic E-state index is 0.187. The molecular weight excluding hydrogens is 312 g/mol. The Bertz CT molecular complexity index is 875. The number of thiophene rings is 1. The fourth-order valence-corrected chi connectivity index (χ4v) is 3.48. The molecule has 5 heteroatoms. The van der Waals surface area contributed by atoms with Gasteiger partial charge in [-0.2, -0.15) is 0 Å². The molecule has 0 aliphatic carbocycles. The number of hydrogen-bond acceptors (Lipinski definition) is 4. The lowest BCUT2D eigenvalue weighted by atomic mass is 10.1. The van der Waals surface area contributed by atoms with Crippen molar-refractivity contribution in [3.8, 4) is 17.2 Å². The van der Waals surface area contributed by atoms with Crippen LogP contribution in [0.1, 0.15) is 20.8 Å². The Kier molecular flexibility index (Phi) is 3.96. The molecule has 0 radical (unpaired) electrons. The number of aromatic carboxylic acids is 1. The lowest BCUT2D eigenvalue weighted by molar-refractivity contribution is 0.0700. The molecule has 1 aromatic heterocycles. The Morgan fingerprint density at radius 3 is 2.35 bits per heavy atom. The summed E-state index contributed by atoms with van der Waals surface area (Å²) in [5, 5.41) is 10.2. The van der Waals surface area contributed by atoms with Crippen molar-refractivity contribution in [2.75, 3.05) is 7.11 Å². The highest BCUT2D eigenvalue weighted by Crippen LogP contribution is 2.42. The molecule has 0 unspecified atom stereocenters. The first-order valence-electron chi connectivity index (χ1n) is 7.08. The summed E-state index contributed by atoms with van der Waals surface area (Å²) in [6, 6.07) is 11.3. The van der Waals surface area contributed by atoms with E-state index in [1.165, 1.54) is 11.3 Å². The molecule has 2 aromatic carbocycles. The number of aryl methyl sites for hydroxylation is 2. The molecule has 0 saturated heterocycles. The maximum Gasteiger partial charge on any atom is 0.349 e. The van der Waals surface area contributed by atoms with Gasteiger partial charge in [-0.15, -0.1) is 11.3 Å². The van der Waals surface area contributed by atoms with Crippen LogP contribution in [-0.4, -0.2) is 18.2 Å². The average molecular weight is 328 g/mol. The van der Waals surface area contributed by atoms with Gasteiger partial charge in [0.05, 0.1) is 7.11 Å². The normalized spacial score (nSPS) is 10.7. The predicted octanol–water partition coefficient (Wildman–Crippen LogP) is 5.02. The first-order valence-corrected chi connectivity index (χ1v) is 7.89. The van der Waals surface area contributed by atoms with Gasteiger partial charge in [0, 0.05) is 10.1 Å². The highest BCUT2D eigenvalue weighted by atomic mass is 32.1. The van der Waals surface area contributed by atoms with Crippen molar-refractivity contribution in [3.63, 3.8) is 0 Å². The number of carboxylic acids is 1. The summed E-state index contributed by atoms with van der Waals surface area (Å²) in [7, 11) is 1.58. The minimum Gasteiger partial charge on any atom is -0.497 e. The fourth-order valence-electron chi connectivity index (χ4n) is 2.53. The summed E-state index contributed by atoms with van der Waals surface area (Å²) in [6.07, 6.45) is 0. The summed E-state index contributed by atoms with van der Waals surface area (Å²) in [5.41, 5.74) is 2.13. The van der Waals surface area contributed by atoms with Crippen LogP contribution in [0.5, 0.6) is 17.2 Å². The van der Waals surface area contributed by atoms with E-state index < -0.39 is 5.97 Å². The molecule has 4 nitrogen and oxygen atoms in total. The number of ether oxygens (including phenoxy) is 2. The van der Waals surface area contributed by atoms with E-state index >= 15 is 0 Å². The van der Waals surface area contributed by atoms with E-state index in [0.29, 0.717) is 17.2 Å². The van der Waals surface area contributed by atoms with Gasteiger partial charge in [0.2, 0.25) is 0 Å². The van der Waals surface area contributed by atoms with Crippen molar-refractivity contribution >= 4 is 27.4 Å². The van der Waals surface area contributed by atoms with E-state index in [0.717, 1.165) is 21.2 Å². The van der Waals surface area contributed by atoms with Gasteiger partial charge in [0.15, 0.2) is 10.6 Å². The third-order valence-electron chi connectivity index (χ3n) is 3.46. The summed E-state index contributed by atoms with van der Waals surface area (Å²) < 4.78 is 12.0. The molecule has 3 rings (SSSR count). The molecular formula is C18H16O4S. The Morgan fingerprint density at radius 2 is 1.74 bits per heavy atom. The van der Waals surface area contributed by atoms with Gasteiger partial charge < -0.3 is 14.6 Å². The third kappa shape index (κ3) is 3.00. The van der Waals surface area contributed by atoms with Crippen LogP contribution in [0, 0.1) is 13.8 Å². The second-order valence-electron chi connectivity index (χ2n) is 5.35. The molecule has 0 saturated carbocycles. The van der Waals surface area contributed by atoms with Gasteiger partial charge in [0.1, 0.15) is 11.5 Å². The second-order valence-corrected chi connectivity index (χ2v) is 6.41. The van der Waals surface area contributed by atoms with Crippen molar-refractivity contribution in [3.05, 3.63) is 52.4 Å². The van der Waals surface area contributed by atoms with Gasteiger partial charge in [-0.05, 0) is 55.3 Å². The fraction of sp³-hybridized carbons (Fsp3) is 0.167. The van der Waals surface area contributed by atoms with Crippen LogP contribution in [0.3, 0.4) is 0 Å². The van der Waals surface area contributed by atoms with Gasteiger partial charge in [-0.25, -0.2) is 4.79 Å². The standard InChI is InChI=1S/C18H16O4S/c1-10-6-11(2)8-13(7-10)22-16-14-9-12(21-3)4-5-15(14)23-17(16)18(19)20/h4-9H,1-3H3,(H,19,20). The number of rotatable bonds is 4. The van der Waals surface area contributed by atoms with Gasteiger partial charge in [-0.1, -0.05) is 6.07 Å². The number of hydrogen-bond donors (Lipinski definition) is 1. The molecule has 0 fully saturated rings. The maximum atomic E-state index is 11.6. The number of methoxy groups -OCH3 is 1. The molecule has 1 N–H and O–H groups in total. The average Bonchev–Trinajstić information content (AvgIpc) is 2.84. The second kappa shape index (κ2) is 5.93. The van der Waals surface area contributed by atoms with E-state index in [9.17, 15) is 9.90 Å². The molecule has 0 amide bonds. The van der Waals surface area contributed by atoms with Gasteiger partial charge in [0.25, 0.3) is 0 Å². The van der Waals surface area contributed by atoms with Crippen molar-refractivity contribution in [2.45, 2.75) is 13.8 Å². The molecule has 3 aromatic rings. The van der Waals surface area contributed by atoms with Crippen LogP contribution in [0.15, 0.2) is 36.4 Å². The van der Waals surface area contributed by atoms with Crippen LogP contribution in [-0.2, 0) is 0 Å². The number of carbonyl (C=O) groups is 1. The monoisotopic (exact) mass is 328 g/mol. The molecule has 0 aliphatic heterocycles. The third-order valence-corrected chi connectivity index (χ3v) is 4.60. The lowest BCUT2D eigenvalue weighted by Gasteiger charge is -2.09. The first-order chi connectivity index (χ1) is 11.0. The zero-order chi connectivity index (χ0) is 16.6. The molecule has 118 valence electrons. The molecule has 0 atom stereocenters. The largest absolute Gasteiger partial charge is 0.497 e. The van der Waals surface area contributed by atoms with Gasteiger partial charge >= 0.3 is 5.97 Å². The number of fused-ring (bicyclic) bond motifs is 1. The zero-order valence-electron chi connectivity index (χ0n) is 13.0. The summed E-state index contributed by atoms with van der Waals surface area (Å²) in [5.74, 6) is 0.663. The van der Waals surface area contributed by atoms with Crippen molar-refractivity contribution in [1.82, 2.24) is 0 Å². The number of benzene rings is 2. The minimum atomic E-state index is -0.996. The van der Waals surface area contributed by atoms with Crippen LogP contribution in [0.4, 0.5) is 0 Å². The molecule has 0 spiro atoms. The Balaban J connectivity index is 2.16. The van der Waals surface area contributed by atoms with Crippen molar-refractivity contribution < 1.29 is 19.4 Å². The van der Waals surface area contributed by atoms with E-state index in [-0.39, 0.29) is 4.88 Å². The van der Waals surface area contributed by atoms with Crippen LogP contribution in [0.25, 0.3) is 10.1 Å².